The van der Waals surface area contributed by atoms with Crippen LogP contribution in [-0.2, 0) is 11.2 Å². The van der Waals surface area contributed by atoms with Crippen LogP contribution in [0.2, 0.25) is 0 Å². The molecule has 7 heteroatoms. The topological polar surface area (TPSA) is 87.7 Å². The van der Waals surface area contributed by atoms with Gasteiger partial charge >= 0.3 is 0 Å². The van der Waals surface area contributed by atoms with Gasteiger partial charge in [-0.3, -0.25) is 14.6 Å². The van der Waals surface area contributed by atoms with Crippen LogP contribution in [0.4, 0.5) is 5.69 Å². The Hall–Kier alpha value is -2.93. The van der Waals surface area contributed by atoms with E-state index in [1.807, 2.05) is 42.1 Å². The summed E-state index contributed by atoms with van der Waals surface area (Å²) in [6, 6.07) is 11.5. The number of aromatic amines is 1. The lowest BCUT2D eigenvalue weighted by Gasteiger charge is -2.14. The number of nitrogens with zero attached hydrogens (tertiary/aromatic N) is 2. The molecule has 1 aliphatic carbocycles. The first-order valence-corrected chi connectivity index (χ1v) is 11.0. The number of H-pyrrole nitrogens is 1. The molecule has 0 saturated heterocycles. The first-order valence-electron chi connectivity index (χ1n) is 10.2. The lowest BCUT2D eigenvalue weighted by atomic mass is 10.1. The van der Waals surface area contributed by atoms with Crippen LogP contribution in [-0.4, -0.2) is 26.1 Å². The van der Waals surface area contributed by atoms with Crippen LogP contribution in [0.1, 0.15) is 36.9 Å². The van der Waals surface area contributed by atoms with E-state index in [-0.39, 0.29) is 17.9 Å². The second kappa shape index (κ2) is 9.26. The maximum atomic E-state index is 12.7. The first kappa shape index (κ1) is 20.3. The Balaban J connectivity index is 1.49. The Kier molecular flexibility index (Phi) is 6.28. The van der Waals surface area contributed by atoms with Crippen molar-refractivity contribution in [3.8, 4) is 11.4 Å². The normalized spacial score (nSPS) is 14.0. The lowest BCUT2D eigenvalue weighted by Crippen LogP contribution is -2.24. The van der Waals surface area contributed by atoms with E-state index >= 15 is 0 Å². The van der Waals surface area contributed by atoms with Gasteiger partial charge in [-0.25, -0.2) is 4.98 Å². The van der Waals surface area contributed by atoms with Crippen molar-refractivity contribution in [1.29, 1.82) is 0 Å². The Morgan fingerprint density at radius 2 is 2.00 bits per heavy atom. The maximum absolute atomic E-state index is 12.7. The number of benzene rings is 1. The van der Waals surface area contributed by atoms with E-state index in [4.69, 9.17) is 0 Å². The Labute approximate surface area is 179 Å². The van der Waals surface area contributed by atoms with Gasteiger partial charge in [-0.2, -0.15) is 0 Å². The van der Waals surface area contributed by atoms with Crippen LogP contribution in [0.25, 0.3) is 11.4 Å². The predicted octanol–water partition coefficient (Wildman–Crippen LogP) is 4.36. The molecule has 0 atom stereocenters. The lowest BCUT2D eigenvalue weighted by molar-refractivity contribution is -0.115. The molecule has 1 amide bonds. The number of carbonyl (C=O) groups is 1. The second-order valence-electron chi connectivity index (χ2n) is 7.47. The number of hydrogen-bond acceptors (Lipinski definition) is 5. The smallest absolute Gasteiger partial charge is 0.255 e. The van der Waals surface area contributed by atoms with Gasteiger partial charge < -0.3 is 10.3 Å². The molecule has 1 aromatic carbocycles. The highest BCUT2D eigenvalue weighted by Crippen LogP contribution is 2.38. The molecule has 0 unspecified atom stereocenters. The third-order valence-corrected chi connectivity index (χ3v) is 6.67. The number of carbonyl (C=O) groups excluding carboxylic acids is 1. The number of rotatable bonds is 6. The fraction of sp³-hybridized carbons (Fsp3) is 0.304. The molecule has 2 heterocycles. The molecule has 0 radical (unpaired) electrons. The van der Waals surface area contributed by atoms with Crippen molar-refractivity contribution in [1.82, 2.24) is 15.0 Å². The number of nitrogens with one attached hydrogen (secondary N) is 2. The molecule has 30 heavy (non-hydrogen) atoms. The fourth-order valence-corrected chi connectivity index (χ4v) is 5.00. The third kappa shape index (κ3) is 4.79. The zero-order valence-electron chi connectivity index (χ0n) is 16.9. The number of thioether (sulfide) groups is 1. The molecule has 154 valence electrons. The van der Waals surface area contributed by atoms with E-state index < -0.39 is 0 Å². The highest BCUT2D eigenvalue weighted by molar-refractivity contribution is 8.00. The summed E-state index contributed by atoms with van der Waals surface area (Å²) < 4.78 is 0. The van der Waals surface area contributed by atoms with Gasteiger partial charge in [0.2, 0.25) is 5.91 Å². The minimum absolute atomic E-state index is 0.0239. The fourth-order valence-electron chi connectivity index (χ4n) is 3.67. The van der Waals surface area contributed by atoms with Crippen molar-refractivity contribution in [2.75, 3.05) is 5.32 Å². The molecule has 6 nitrogen and oxygen atoms in total. The maximum Gasteiger partial charge on any atom is 0.255 e. The SMILES string of the molecule is Cc1nc(-c2cccnc2)[nH]c(=O)c1CC(=O)Nc1ccccc1SC1CCCC1. The molecule has 1 aliphatic rings. The van der Waals surface area contributed by atoms with Crippen LogP contribution in [0.15, 0.2) is 58.5 Å². The Morgan fingerprint density at radius 3 is 2.73 bits per heavy atom. The predicted molar refractivity (Wildman–Crippen MR) is 120 cm³/mol. The summed E-state index contributed by atoms with van der Waals surface area (Å²) in [7, 11) is 0. The number of amides is 1. The van der Waals surface area contributed by atoms with Crippen molar-refractivity contribution in [2.45, 2.75) is 49.2 Å². The highest BCUT2D eigenvalue weighted by atomic mass is 32.2. The molecule has 1 fully saturated rings. The van der Waals surface area contributed by atoms with Crippen molar-refractivity contribution in [2.24, 2.45) is 0 Å². The third-order valence-electron chi connectivity index (χ3n) is 5.25. The van der Waals surface area contributed by atoms with Crippen molar-refractivity contribution in [3.63, 3.8) is 0 Å². The Morgan fingerprint density at radius 1 is 1.20 bits per heavy atom. The molecular formula is C23H24N4O2S. The van der Waals surface area contributed by atoms with Gasteiger partial charge in [0.15, 0.2) is 0 Å². The Bertz CT molecular complexity index is 1090. The average molecular weight is 421 g/mol. The summed E-state index contributed by atoms with van der Waals surface area (Å²) in [4.78, 5) is 37.7. The summed E-state index contributed by atoms with van der Waals surface area (Å²) in [5.74, 6) is 0.229. The van der Waals surface area contributed by atoms with E-state index in [1.165, 1.54) is 25.7 Å². The molecular weight excluding hydrogens is 396 g/mol. The van der Waals surface area contributed by atoms with Gasteiger partial charge in [-0.05, 0) is 44.0 Å². The van der Waals surface area contributed by atoms with Crippen LogP contribution in [0, 0.1) is 6.92 Å². The summed E-state index contributed by atoms with van der Waals surface area (Å²) in [5.41, 5.74) is 2.15. The number of aromatic nitrogens is 3. The molecule has 4 rings (SSSR count). The van der Waals surface area contributed by atoms with E-state index in [2.05, 4.69) is 20.3 Å². The number of anilines is 1. The number of aryl methyl sites for hydroxylation is 1. The first-order chi connectivity index (χ1) is 14.6. The van der Waals surface area contributed by atoms with Crippen molar-refractivity contribution < 1.29 is 4.79 Å². The summed E-state index contributed by atoms with van der Waals surface area (Å²) >= 11 is 1.83. The molecule has 0 aliphatic heterocycles. The van der Waals surface area contributed by atoms with Crippen molar-refractivity contribution >= 4 is 23.4 Å². The monoisotopic (exact) mass is 420 g/mol. The zero-order valence-corrected chi connectivity index (χ0v) is 17.7. The molecule has 3 aromatic rings. The van der Waals surface area contributed by atoms with Gasteiger partial charge in [0.25, 0.3) is 5.56 Å². The van der Waals surface area contributed by atoms with Crippen LogP contribution in [0.5, 0.6) is 0 Å². The van der Waals surface area contributed by atoms with Crippen LogP contribution < -0.4 is 10.9 Å². The van der Waals surface area contributed by atoms with E-state index in [0.717, 1.165) is 16.1 Å². The average Bonchev–Trinajstić information content (AvgIpc) is 3.26. The zero-order chi connectivity index (χ0) is 20.9. The van der Waals surface area contributed by atoms with Gasteiger partial charge in [0.05, 0.1) is 12.1 Å². The molecule has 1 saturated carbocycles. The minimum Gasteiger partial charge on any atom is -0.325 e. The van der Waals surface area contributed by atoms with Crippen LogP contribution in [0.3, 0.4) is 0 Å². The highest BCUT2D eigenvalue weighted by Gasteiger charge is 2.19. The summed E-state index contributed by atoms with van der Waals surface area (Å²) in [6.07, 6.45) is 8.27. The van der Waals surface area contributed by atoms with Gasteiger partial charge in [0.1, 0.15) is 5.82 Å². The second-order valence-corrected chi connectivity index (χ2v) is 8.81. The number of para-hydroxylation sites is 1. The standard InChI is InChI=1S/C23H24N4O2S/c1-15-18(23(29)27-22(25-15)16-7-6-12-24-14-16)13-21(28)26-19-10-4-5-11-20(19)30-17-8-2-3-9-17/h4-7,10-12,14,17H,2-3,8-9,13H2,1H3,(H,26,28)(H,25,27,29). The largest absolute Gasteiger partial charge is 0.325 e. The molecule has 2 N–H and O–H groups in total. The quantitative estimate of drug-likeness (QED) is 0.619. The molecule has 0 spiro atoms. The van der Waals surface area contributed by atoms with E-state index in [9.17, 15) is 9.59 Å². The van der Waals surface area contributed by atoms with Crippen LogP contribution >= 0.6 is 11.8 Å². The van der Waals surface area contributed by atoms with E-state index in [0.29, 0.717) is 22.3 Å². The molecule has 2 aromatic heterocycles. The van der Waals surface area contributed by atoms with Gasteiger partial charge in [-0.15, -0.1) is 11.8 Å². The van der Waals surface area contributed by atoms with Gasteiger partial charge in [0, 0.05) is 39.4 Å². The number of pyridine rings is 1. The van der Waals surface area contributed by atoms with Crippen molar-refractivity contribution in [3.05, 3.63) is 70.4 Å². The van der Waals surface area contributed by atoms with E-state index in [1.54, 1.807) is 25.4 Å². The minimum atomic E-state index is -0.301. The number of hydrogen-bond donors (Lipinski definition) is 2. The summed E-state index contributed by atoms with van der Waals surface area (Å²) in [5, 5.41) is 3.59. The molecule has 0 bridgehead atoms. The van der Waals surface area contributed by atoms with Gasteiger partial charge in [-0.1, -0.05) is 25.0 Å². The summed E-state index contributed by atoms with van der Waals surface area (Å²) in [6.45, 7) is 1.75.